The Labute approximate surface area is 204 Å². The summed E-state index contributed by atoms with van der Waals surface area (Å²) < 4.78 is 18.8. The lowest BCUT2D eigenvalue weighted by Crippen LogP contribution is -2.45. The second kappa shape index (κ2) is 14.4. The number of carbonyl (C=O) groups is 2. The predicted octanol–water partition coefficient (Wildman–Crippen LogP) is 4.09. The quantitative estimate of drug-likeness (QED) is 0.352. The van der Waals surface area contributed by atoms with Crippen molar-refractivity contribution in [2.45, 2.75) is 71.5 Å². The van der Waals surface area contributed by atoms with E-state index in [2.05, 4.69) is 30.9 Å². The molecule has 186 valence electrons. The van der Waals surface area contributed by atoms with Crippen molar-refractivity contribution in [1.82, 2.24) is 20.3 Å². The minimum Gasteiger partial charge on any atom is -0.466 e. The number of pyridine rings is 1. The third kappa shape index (κ3) is 8.49. The molecule has 0 aromatic carbocycles. The Kier molecular flexibility index (Phi) is 11.6. The van der Waals surface area contributed by atoms with Crippen LogP contribution in [0.1, 0.15) is 58.6 Å². The summed E-state index contributed by atoms with van der Waals surface area (Å²) in [5.41, 5.74) is 0.424. The molecular weight excluding hydrogens is 463 g/mol. The van der Waals surface area contributed by atoms with Crippen molar-refractivity contribution >= 4 is 35.0 Å². The summed E-state index contributed by atoms with van der Waals surface area (Å²) in [6.45, 7) is 6.18. The molecule has 34 heavy (non-hydrogen) atoms. The van der Waals surface area contributed by atoms with Crippen LogP contribution in [0.4, 0.5) is 15.9 Å². The zero-order valence-corrected chi connectivity index (χ0v) is 20.5. The van der Waals surface area contributed by atoms with E-state index < -0.39 is 5.82 Å². The number of halogens is 2. The number of piperidine rings is 1. The monoisotopic (exact) mass is 494 g/mol. The largest absolute Gasteiger partial charge is 0.466 e. The highest BCUT2D eigenvalue weighted by Crippen LogP contribution is 2.27. The van der Waals surface area contributed by atoms with Crippen LogP contribution in [0.2, 0.25) is 5.15 Å². The molecule has 1 aliphatic rings. The first-order valence-corrected chi connectivity index (χ1v) is 11.9. The van der Waals surface area contributed by atoms with E-state index in [0.717, 1.165) is 19.3 Å². The first-order chi connectivity index (χ1) is 16.5. The summed E-state index contributed by atoms with van der Waals surface area (Å²) >= 11 is 6.18. The number of amides is 1. The van der Waals surface area contributed by atoms with Gasteiger partial charge in [0.2, 0.25) is 5.91 Å². The summed E-state index contributed by atoms with van der Waals surface area (Å²) in [6, 6.07) is 2.72. The lowest BCUT2D eigenvalue weighted by molar-refractivity contribution is -0.143. The standard InChI is InChI=1S/C21H26ClFN6O3.C2H6/c1-2-32-18(31)10-14-6-3-5-13(28-14)9-17(30)29-19-20(22)26-12-27-21(19)25-11-16-15(23)7-4-8-24-16;1-2/h4,7-8,12-14,28H,2-3,5-6,9-11H2,1H3,(H,29,30)(H,25,26,27);1-2H3. The Morgan fingerprint density at radius 2 is 1.94 bits per heavy atom. The van der Waals surface area contributed by atoms with E-state index in [-0.39, 0.29) is 65.7 Å². The van der Waals surface area contributed by atoms with E-state index in [1.54, 1.807) is 6.92 Å². The number of ether oxygens (including phenoxy) is 1. The van der Waals surface area contributed by atoms with Crippen LogP contribution in [0.15, 0.2) is 24.7 Å². The zero-order chi connectivity index (χ0) is 24.9. The van der Waals surface area contributed by atoms with Crippen molar-refractivity contribution in [2.24, 2.45) is 0 Å². The molecule has 0 bridgehead atoms. The van der Waals surface area contributed by atoms with Gasteiger partial charge in [0.15, 0.2) is 11.0 Å². The molecule has 0 saturated carbocycles. The Bertz CT molecular complexity index is 949. The highest BCUT2D eigenvalue weighted by Gasteiger charge is 2.26. The van der Waals surface area contributed by atoms with Gasteiger partial charge in [-0.2, -0.15) is 0 Å². The molecule has 0 spiro atoms. The molecule has 3 N–H and O–H groups in total. The Hall–Kier alpha value is -2.85. The van der Waals surface area contributed by atoms with Gasteiger partial charge in [-0.25, -0.2) is 14.4 Å². The number of rotatable bonds is 9. The first-order valence-electron chi connectivity index (χ1n) is 11.5. The fraction of sp³-hybridized carbons (Fsp3) is 0.522. The number of esters is 1. The normalized spacial score (nSPS) is 17.2. The fourth-order valence-corrected chi connectivity index (χ4v) is 3.77. The summed E-state index contributed by atoms with van der Waals surface area (Å²) in [4.78, 5) is 36.4. The van der Waals surface area contributed by atoms with Crippen LogP contribution in [0.25, 0.3) is 0 Å². The molecule has 3 heterocycles. The lowest BCUT2D eigenvalue weighted by atomic mass is 9.94. The van der Waals surface area contributed by atoms with Crippen LogP contribution in [0.3, 0.4) is 0 Å². The molecule has 0 aliphatic carbocycles. The predicted molar refractivity (Wildman–Crippen MR) is 129 cm³/mol. The molecule has 2 atom stereocenters. The van der Waals surface area contributed by atoms with Crippen LogP contribution >= 0.6 is 11.6 Å². The first kappa shape index (κ1) is 27.4. The molecule has 0 radical (unpaired) electrons. The van der Waals surface area contributed by atoms with Gasteiger partial charge in [0, 0.05) is 24.7 Å². The number of aromatic nitrogens is 3. The number of hydrogen-bond acceptors (Lipinski definition) is 8. The average molecular weight is 495 g/mol. The number of nitrogens with zero attached hydrogens (tertiary/aromatic N) is 3. The molecular formula is C23H32ClFN6O3. The number of carbonyl (C=O) groups excluding carboxylic acids is 2. The van der Waals surface area contributed by atoms with Crippen LogP contribution in [0.5, 0.6) is 0 Å². The molecule has 2 aromatic heterocycles. The van der Waals surface area contributed by atoms with Crippen molar-refractivity contribution in [1.29, 1.82) is 0 Å². The molecule has 11 heteroatoms. The maximum Gasteiger partial charge on any atom is 0.307 e. The molecule has 2 unspecified atom stereocenters. The van der Waals surface area contributed by atoms with Crippen molar-refractivity contribution in [2.75, 3.05) is 17.2 Å². The molecule has 1 fully saturated rings. The van der Waals surface area contributed by atoms with Crippen LogP contribution < -0.4 is 16.0 Å². The van der Waals surface area contributed by atoms with E-state index in [4.69, 9.17) is 16.3 Å². The number of nitrogens with one attached hydrogen (secondary N) is 3. The highest BCUT2D eigenvalue weighted by molar-refractivity contribution is 6.33. The fourth-order valence-electron chi connectivity index (χ4n) is 3.59. The van der Waals surface area contributed by atoms with E-state index in [1.807, 2.05) is 13.8 Å². The summed E-state index contributed by atoms with van der Waals surface area (Å²) in [5.74, 6) is -0.710. The summed E-state index contributed by atoms with van der Waals surface area (Å²) in [7, 11) is 0. The summed E-state index contributed by atoms with van der Waals surface area (Å²) in [6.07, 6.45) is 5.79. The Morgan fingerprint density at radius 3 is 2.65 bits per heavy atom. The van der Waals surface area contributed by atoms with Gasteiger partial charge >= 0.3 is 5.97 Å². The zero-order valence-electron chi connectivity index (χ0n) is 19.7. The van der Waals surface area contributed by atoms with Crippen molar-refractivity contribution in [3.05, 3.63) is 41.3 Å². The SMILES string of the molecule is CC.CCOC(=O)CC1CCCC(CC(=O)Nc2c(Cl)ncnc2NCc2ncccc2F)N1. The molecule has 1 saturated heterocycles. The van der Waals surface area contributed by atoms with Crippen molar-refractivity contribution in [3.8, 4) is 0 Å². The van der Waals surface area contributed by atoms with Gasteiger partial charge in [-0.15, -0.1) is 0 Å². The lowest BCUT2D eigenvalue weighted by Gasteiger charge is -2.30. The van der Waals surface area contributed by atoms with Gasteiger partial charge in [-0.1, -0.05) is 31.9 Å². The number of hydrogen-bond donors (Lipinski definition) is 3. The van der Waals surface area contributed by atoms with E-state index >= 15 is 0 Å². The third-order valence-corrected chi connectivity index (χ3v) is 5.34. The van der Waals surface area contributed by atoms with Crippen LogP contribution in [-0.4, -0.2) is 45.5 Å². The van der Waals surface area contributed by atoms with Crippen LogP contribution in [-0.2, 0) is 20.9 Å². The maximum atomic E-state index is 13.8. The molecule has 2 aromatic rings. The molecule has 9 nitrogen and oxygen atoms in total. The Morgan fingerprint density at radius 1 is 1.21 bits per heavy atom. The second-order valence-corrected chi connectivity index (χ2v) is 7.78. The smallest absolute Gasteiger partial charge is 0.307 e. The van der Waals surface area contributed by atoms with Gasteiger partial charge in [0.1, 0.15) is 17.8 Å². The average Bonchev–Trinajstić information content (AvgIpc) is 2.82. The van der Waals surface area contributed by atoms with E-state index in [9.17, 15) is 14.0 Å². The van der Waals surface area contributed by atoms with Crippen molar-refractivity contribution in [3.63, 3.8) is 0 Å². The molecule has 3 rings (SSSR count). The Balaban J connectivity index is 0.00000199. The van der Waals surface area contributed by atoms with Gasteiger partial charge in [-0.3, -0.25) is 14.6 Å². The third-order valence-electron chi connectivity index (χ3n) is 5.05. The second-order valence-electron chi connectivity index (χ2n) is 7.43. The topological polar surface area (TPSA) is 118 Å². The van der Waals surface area contributed by atoms with Gasteiger partial charge in [-0.05, 0) is 31.9 Å². The van der Waals surface area contributed by atoms with Gasteiger partial charge in [0.05, 0.1) is 25.3 Å². The van der Waals surface area contributed by atoms with Crippen molar-refractivity contribution < 1.29 is 18.7 Å². The molecule has 1 aliphatic heterocycles. The van der Waals surface area contributed by atoms with E-state index in [1.165, 1.54) is 24.7 Å². The minimum atomic E-state index is -0.452. The van der Waals surface area contributed by atoms with Crippen LogP contribution in [0, 0.1) is 5.82 Å². The summed E-state index contributed by atoms with van der Waals surface area (Å²) in [5, 5.41) is 9.10. The molecule has 1 amide bonds. The minimum absolute atomic E-state index is 0.0188. The van der Waals surface area contributed by atoms with Gasteiger partial charge < -0.3 is 20.7 Å². The van der Waals surface area contributed by atoms with Gasteiger partial charge in [0.25, 0.3) is 0 Å². The number of anilines is 2. The van der Waals surface area contributed by atoms with E-state index in [0.29, 0.717) is 6.61 Å². The highest BCUT2D eigenvalue weighted by atomic mass is 35.5. The maximum absolute atomic E-state index is 13.8.